The summed E-state index contributed by atoms with van der Waals surface area (Å²) in [5.74, 6) is 2.81. The van der Waals surface area contributed by atoms with Crippen LogP contribution in [0, 0.1) is 17.3 Å². The Morgan fingerprint density at radius 3 is 2.71 bits per heavy atom. The molecule has 4 rings (SSSR count). The van der Waals surface area contributed by atoms with Gasteiger partial charge in [0.2, 0.25) is 17.8 Å². The summed E-state index contributed by atoms with van der Waals surface area (Å²) in [5, 5.41) is 6.43. The van der Waals surface area contributed by atoms with Gasteiger partial charge in [0.25, 0.3) is 0 Å². The molecule has 2 fully saturated rings. The van der Waals surface area contributed by atoms with Crippen molar-refractivity contribution in [2.24, 2.45) is 17.3 Å². The summed E-state index contributed by atoms with van der Waals surface area (Å²) in [4.78, 5) is 38.4. The molecule has 1 aromatic heterocycles. The molecule has 2 atom stereocenters. The molecule has 1 aromatic rings. The van der Waals surface area contributed by atoms with E-state index in [-0.39, 0.29) is 23.3 Å². The maximum absolute atomic E-state index is 12.2. The molecule has 0 aromatic carbocycles. The van der Waals surface area contributed by atoms with E-state index >= 15 is 0 Å². The largest absolute Gasteiger partial charge is 0.366 e. The van der Waals surface area contributed by atoms with Gasteiger partial charge < -0.3 is 20.4 Å². The average Bonchev–Trinajstić information content (AvgIpc) is 3.23. The van der Waals surface area contributed by atoms with E-state index < -0.39 is 0 Å². The molecule has 3 aliphatic rings. The monoisotopic (exact) mass is 468 g/mol. The number of hydrogen-bond acceptors (Lipinski definition) is 6. The van der Waals surface area contributed by atoms with E-state index in [4.69, 9.17) is 9.97 Å². The van der Waals surface area contributed by atoms with E-state index in [1.165, 1.54) is 11.6 Å². The summed E-state index contributed by atoms with van der Waals surface area (Å²) in [6.45, 7) is 13.6. The van der Waals surface area contributed by atoms with E-state index in [9.17, 15) is 9.59 Å². The number of likely N-dealkylation sites (tertiary alicyclic amines) is 1. The van der Waals surface area contributed by atoms with Crippen LogP contribution in [-0.2, 0) is 22.4 Å². The van der Waals surface area contributed by atoms with Crippen molar-refractivity contribution in [3.8, 4) is 0 Å². The van der Waals surface area contributed by atoms with Crippen molar-refractivity contribution in [3.63, 3.8) is 0 Å². The van der Waals surface area contributed by atoms with Gasteiger partial charge in [0, 0.05) is 56.7 Å². The molecule has 8 heteroatoms. The first-order valence-electron chi connectivity index (χ1n) is 12.7. The number of aromatic nitrogens is 2. The number of amides is 2. The van der Waals surface area contributed by atoms with Gasteiger partial charge in [0.05, 0.1) is 5.69 Å². The predicted molar refractivity (Wildman–Crippen MR) is 135 cm³/mol. The molecule has 0 saturated carbocycles. The first-order chi connectivity index (χ1) is 16.2. The highest BCUT2D eigenvalue weighted by atomic mass is 16.2. The Labute approximate surface area is 203 Å². The Hall–Kier alpha value is -2.64. The lowest BCUT2D eigenvalue weighted by Crippen LogP contribution is -2.59. The molecule has 0 radical (unpaired) electrons. The Bertz CT molecular complexity index is 939. The Balaban J connectivity index is 1.56. The zero-order valence-corrected chi connectivity index (χ0v) is 21.2. The van der Waals surface area contributed by atoms with Gasteiger partial charge in [-0.3, -0.25) is 9.59 Å². The second kappa shape index (κ2) is 9.92. The molecule has 2 N–H and O–H groups in total. The number of fused-ring (bicyclic) bond motifs is 1. The first kappa shape index (κ1) is 24.5. The zero-order chi connectivity index (χ0) is 24.5. The van der Waals surface area contributed by atoms with E-state index in [0.717, 1.165) is 75.7 Å². The minimum atomic E-state index is 0.0158. The van der Waals surface area contributed by atoms with Crippen LogP contribution in [0.15, 0.2) is 12.7 Å². The summed E-state index contributed by atoms with van der Waals surface area (Å²) in [6, 6.07) is 0.0269. The molecule has 34 heavy (non-hydrogen) atoms. The van der Waals surface area contributed by atoms with Crippen LogP contribution in [0.2, 0.25) is 0 Å². The van der Waals surface area contributed by atoms with E-state index in [1.807, 2.05) is 4.90 Å². The van der Waals surface area contributed by atoms with Crippen LogP contribution in [0.3, 0.4) is 0 Å². The van der Waals surface area contributed by atoms with E-state index in [0.29, 0.717) is 18.3 Å². The lowest BCUT2D eigenvalue weighted by molar-refractivity contribution is -0.136. The predicted octanol–water partition coefficient (Wildman–Crippen LogP) is 2.79. The van der Waals surface area contributed by atoms with E-state index in [2.05, 4.69) is 42.9 Å². The molecule has 0 bridgehead atoms. The quantitative estimate of drug-likeness (QED) is 0.570. The van der Waals surface area contributed by atoms with Crippen molar-refractivity contribution < 1.29 is 9.59 Å². The number of hydrogen-bond donors (Lipinski definition) is 2. The van der Waals surface area contributed by atoms with Crippen molar-refractivity contribution in [1.29, 1.82) is 0 Å². The number of rotatable bonds is 8. The number of nitrogens with one attached hydrogen (secondary N) is 2. The minimum absolute atomic E-state index is 0.0158. The van der Waals surface area contributed by atoms with Crippen LogP contribution >= 0.6 is 0 Å². The number of carbonyl (C=O) groups is 2. The standard InChI is InChI=1S/C26H40N6O2/c1-6-23(34)32-15-26(16-32)9-10-31(14-26)25-29-21-8-7-18(4)12-20(21)24(30-25)28-19(11-17(2)3)13-22(33)27-5/h6,17-19H,1,7-16H2,2-5H3,(H,27,33)(H,28,29,30). The number of nitrogens with zero attached hydrogens (tertiary/aromatic N) is 4. The summed E-state index contributed by atoms with van der Waals surface area (Å²) >= 11 is 0. The summed E-state index contributed by atoms with van der Waals surface area (Å²) in [6.07, 6.45) is 6.84. The van der Waals surface area contributed by atoms with E-state index in [1.54, 1.807) is 7.05 Å². The van der Waals surface area contributed by atoms with Crippen LogP contribution in [0.4, 0.5) is 11.8 Å². The molecular weight excluding hydrogens is 428 g/mol. The summed E-state index contributed by atoms with van der Waals surface area (Å²) in [5.41, 5.74) is 2.50. The third kappa shape index (κ3) is 5.20. The number of aryl methyl sites for hydroxylation is 1. The highest BCUT2D eigenvalue weighted by molar-refractivity contribution is 5.87. The van der Waals surface area contributed by atoms with Gasteiger partial charge >= 0.3 is 0 Å². The van der Waals surface area contributed by atoms with Crippen molar-refractivity contribution in [1.82, 2.24) is 20.2 Å². The molecule has 186 valence electrons. The smallest absolute Gasteiger partial charge is 0.245 e. The van der Waals surface area contributed by atoms with Crippen LogP contribution in [0.5, 0.6) is 0 Å². The fourth-order valence-corrected chi connectivity index (χ4v) is 5.73. The highest BCUT2D eigenvalue weighted by Crippen LogP contribution is 2.41. The number of carbonyl (C=O) groups excluding carboxylic acids is 2. The van der Waals surface area contributed by atoms with Crippen molar-refractivity contribution in [3.05, 3.63) is 23.9 Å². The van der Waals surface area contributed by atoms with Gasteiger partial charge in [0.15, 0.2) is 0 Å². The second-order valence-corrected chi connectivity index (χ2v) is 11.1. The van der Waals surface area contributed by atoms with Crippen LogP contribution in [-0.4, -0.2) is 66.0 Å². The summed E-state index contributed by atoms with van der Waals surface area (Å²) in [7, 11) is 1.69. The Morgan fingerprint density at radius 1 is 1.26 bits per heavy atom. The van der Waals surface area contributed by atoms with Crippen LogP contribution < -0.4 is 15.5 Å². The van der Waals surface area contributed by atoms with Gasteiger partial charge in [-0.1, -0.05) is 27.4 Å². The van der Waals surface area contributed by atoms with Crippen LogP contribution in [0.25, 0.3) is 0 Å². The molecule has 2 saturated heterocycles. The average molecular weight is 469 g/mol. The molecule has 2 aliphatic heterocycles. The lowest BCUT2D eigenvalue weighted by atomic mass is 9.79. The minimum Gasteiger partial charge on any atom is -0.366 e. The van der Waals surface area contributed by atoms with Crippen molar-refractivity contribution in [2.75, 3.05) is 43.4 Å². The molecule has 8 nitrogen and oxygen atoms in total. The number of anilines is 2. The van der Waals surface area contributed by atoms with Gasteiger partial charge in [-0.05, 0) is 50.0 Å². The highest BCUT2D eigenvalue weighted by Gasteiger charge is 2.49. The first-order valence-corrected chi connectivity index (χ1v) is 12.7. The van der Waals surface area contributed by atoms with Gasteiger partial charge in [-0.25, -0.2) is 4.98 Å². The summed E-state index contributed by atoms with van der Waals surface area (Å²) < 4.78 is 0. The molecule has 2 unspecified atom stereocenters. The molecule has 2 amide bonds. The SMILES string of the molecule is C=CC(=O)N1CC2(CCN(c3nc4c(c(NC(CC(=O)NC)CC(C)C)n3)CC(C)CC4)C2)C1. The third-order valence-corrected chi connectivity index (χ3v) is 7.57. The normalized spacial score (nSPS) is 21.7. The van der Waals surface area contributed by atoms with Gasteiger partial charge in [0.1, 0.15) is 5.82 Å². The second-order valence-electron chi connectivity index (χ2n) is 11.1. The maximum Gasteiger partial charge on any atom is 0.245 e. The Kier molecular flexibility index (Phi) is 7.14. The molecule has 3 heterocycles. The van der Waals surface area contributed by atoms with Gasteiger partial charge in [-0.15, -0.1) is 0 Å². The van der Waals surface area contributed by atoms with Gasteiger partial charge in [-0.2, -0.15) is 4.98 Å². The van der Waals surface area contributed by atoms with Crippen molar-refractivity contribution in [2.45, 2.75) is 65.3 Å². The maximum atomic E-state index is 12.2. The lowest BCUT2D eigenvalue weighted by Gasteiger charge is -2.47. The zero-order valence-electron chi connectivity index (χ0n) is 21.2. The Morgan fingerprint density at radius 2 is 2.03 bits per heavy atom. The van der Waals surface area contributed by atoms with Crippen LogP contribution in [0.1, 0.15) is 57.7 Å². The molecule has 1 spiro atoms. The fraction of sp³-hybridized carbons (Fsp3) is 0.692. The molecular formula is C26H40N6O2. The topological polar surface area (TPSA) is 90.5 Å². The molecule has 1 aliphatic carbocycles. The fourth-order valence-electron chi connectivity index (χ4n) is 5.73. The van der Waals surface area contributed by atoms with Crippen molar-refractivity contribution >= 4 is 23.6 Å². The third-order valence-electron chi connectivity index (χ3n) is 7.57.